The van der Waals surface area contributed by atoms with Crippen LogP contribution in [0.2, 0.25) is 0 Å². The molecule has 0 atom stereocenters. The number of rotatable bonds is 1. The van der Waals surface area contributed by atoms with Gasteiger partial charge < -0.3 is 10.4 Å². The van der Waals surface area contributed by atoms with Gasteiger partial charge in [-0.05, 0) is 25.0 Å². The van der Waals surface area contributed by atoms with Crippen molar-refractivity contribution in [2.75, 3.05) is 19.7 Å². The molecule has 0 radical (unpaired) electrons. The van der Waals surface area contributed by atoms with E-state index < -0.39 is 0 Å². The zero-order chi connectivity index (χ0) is 7.40. The smallest absolute Gasteiger partial charge is 0.0788 e. The molecule has 1 fully saturated rings. The first-order valence-corrected chi connectivity index (χ1v) is 3.90. The predicted molar refractivity (Wildman–Crippen MR) is 42.1 cm³/mol. The van der Waals surface area contributed by atoms with Gasteiger partial charge >= 0.3 is 0 Å². The van der Waals surface area contributed by atoms with Crippen molar-refractivity contribution in [1.29, 1.82) is 0 Å². The number of halogens is 1. The Bertz CT molecular complexity index is 137. The van der Waals surface area contributed by atoms with Gasteiger partial charge in [0.05, 0.1) is 6.61 Å². The maximum Gasteiger partial charge on any atom is 0.0788 e. The van der Waals surface area contributed by atoms with E-state index in [1.54, 1.807) is 0 Å². The average molecular weight is 162 g/mol. The Morgan fingerprint density at radius 3 is 3.00 bits per heavy atom. The fourth-order valence-corrected chi connectivity index (χ4v) is 1.26. The van der Waals surface area contributed by atoms with E-state index in [1.807, 2.05) is 0 Å². The van der Waals surface area contributed by atoms with Gasteiger partial charge in [-0.1, -0.05) is 11.6 Å². The molecule has 1 aliphatic heterocycles. The highest BCUT2D eigenvalue weighted by Crippen LogP contribution is 2.15. The Balaban J connectivity index is 2.51. The fraction of sp³-hybridized carbons (Fsp3) is 0.714. The molecule has 0 bridgehead atoms. The first-order chi connectivity index (χ1) is 4.84. The largest absolute Gasteiger partial charge is 0.391 e. The van der Waals surface area contributed by atoms with Gasteiger partial charge in [0.2, 0.25) is 0 Å². The molecule has 2 N–H and O–H groups in total. The molecule has 1 heterocycles. The van der Waals surface area contributed by atoms with E-state index >= 15 is 0 Å². The van der Waals surface area contributed by atoms with E-state index in [-0.39, 0.29) is 6.61 Å². The molecule has 58 valence electrons. The Labute approximate surface area is 65.9 Å². The van der Waals surface area contributed by atoms with E-state index in [0.29, 0.717) is 5.03 Å². The molecule has 0 unspecified atom stereocenters. The van der Waals surface area contributed by atoms with E-state index in [4.69, 9.17) is 16.7 Å². The number of hydrogen-bond acceptors (Lipinski definition) is 2. The normalized spacial score (nSPS) is 24.6. The van der Waals surface area contributed by atoms with Gasteiger partial charge in [0, 0.05) is 11.6 Å². The zero-order valence-electron chi connectivity index (χ0n) is 5.86. The van der Waals surface area contributed by atoms with Gasteiger partial charge in [-0.25, -0.2) is 0 Å². The topological polar surface area (TPSA) is 32.3 Å². The van der Waals surface area contributed by atoms with Gasteiger partial charge in [0.15, 0.2) is 0 Å². The lowest BCUT2D eigenvalue weighted by Gasteiger charge is -2.16. The van der Waals surface area contributed by atoms with Crippen LogP contribution in [0, 0.1) is 0 Å². The molecular weight excluding hydrogens is 150 g/mol. The number of aliphatic hydroxyl groups is 1. The molecule has 0 spiro atoms. The van der Waals surface area contributed by atoms with Crippen LogP contribution < -0.4 is 5.32 Å². The highest BCUT2D eigenvalue weighted by atomic mass is 35.5. The summed E-state index contributed by atoms with van der Waals surface area (Å²) in [6.07, 6.45) is 2.16. The lowest BCUT2D eigenvalue weighted by Crippen LogP contribution is -2.24. The number of hydrogen-bond donors (Lipinski definition) is 2. The number of aliphatic hydroxyl groups excluding tert-OH is 1. The van der Waals surface area contributed by atoms with E-state index in [2.05, 4.69) is 5.32 Å². The molecular formula is C7H12ClNO. The van der Waals surface area contributed by atoms with Crippen molar-refractivity contribution in [3.05, 3.63) is 10.6 Å². The van der Waals surface area contributed by atoms with Crippen molar-refractivity contribution in [3.8, 4) is 0 Å². The number of nitrogens with one attached hydrogen (secondary N) is 1. The Morgan fingerprint density at radius 2 is 2.50 bits per heavy atom. The fourth-order valence-electron chi connectivity index (χ4n) is 1.10. The van der Waals surface area contributed by atoms with Crippen molar-refractivity contribution in [2.24, 2.45) is 0 Å². The van der Waals surface area contributed by atoms with Gasteiger partial charge in [0.25, 0.3) is 0 Å². The van der Waals surface area contributed by atoms with Crippen molar-refractivity contribution in [2.45, 2.75) is 12.8 Å². The molecule has 10 heavy (non-hydrogen) atoms. The molecule has 0 aromatic carbocycles. The van der Waals surface area contributed by atoms with Gasteiger partial charge in [-0.2, -0.15) is 0 Å². The van der Waals surface area contributed by atoms with Gasteiger partial charge in [0.1, 0.15) is 0 Å². The highest BCUT2D eigenvalue weighted by molar-refractivity contribution is 6.30. The van der Waals surface area contributed by atoms with E-state index in [0.717, 1.165) is 31.5 Å². The second kappa shape index (κ2) is 3.96. The first-order valence-electron chi connectivity index (χ1n) is 3.52. The van der Waals surface area contributed by atoms with Crippen molar-refractivity contribution in [1.82, 2.24) is 5.32 Å². The van der Waals surface area contributed by atoms with Gasteiger partial charge in [-0.15, -0.1) is 0 Å². The van der Waals surface area contributed by atoms with Crippen LogP contribution in [0.15, 0.2) is 10.6 Å². The standard InChI is InChI=1S/C7H12ClNO/c8-7(5-10)6-2-1-3-9-4-6/h9-10H,1-5H2/b7-6-. The van der Waals surface area contributed by atoms with Crippen molar-refractivity contribution in [3.63, 3.8) is 0 Å². The SMILES string of the molecule is OC/C(Cl)=C1\CCCNC1. The predicted octanol–water partition coefficient (Wildman–Crippen LogP) is 0.855. The number of piperidine rings is 1. The minimum atomic E-state index is -0.0153. The van der Waals surface area contributed by atoms with Crippen LogP contribution in [0.1, 0.15) is 12.8 Å². The molecule has 0 saturated carbocycles. The third-order valence-electron chi connectivity index (χ3n) is 1.69. The van der Waals surface area contributed by atoms with E-state index in [9.17, 15) is 0 Å². The lowest BCUT2D eigenvalue weighted by atomic mass is 10.1. The molecule has 1 rings (SSSR count). The van der Waals surface area contributed by atoms with Crippen LogP contribution >= 0.6 is 11.6 Å². The summed E-state index contributed by atoms with van der Waals surface area (Å²) in [5, 5.41) is 12.5. The molecule has 3 heteroatoms. The second-order valence-corrected chi connectivity index (χ2v) is 2.90. The summed E-state index contributed by atoms with van der Waals surface area (Å²) in [6, 6.07) is 0. The molecule has 2 nitrogen and oxygen atoms in total. The Morgan fingerprint density at radius 1 is 1.70 bits per heavy atom. The monoisotopic (exact) mass is 161 g/mol. The summed E-state index contributed by atoms with van der Waals surface area (Å²) in [5.41, 5.74) is 1.16. The Kier molecular flexibility index (Phi) is 3.19. The average Bonchev–Trinajstić information content (AvgIpc) is 2.05. The van der Waals surface area contributed by atoms with Crippen LogP contribution in [0.4, 0.5) is 0 Å². The maximum atomic E-state index is 8.67. The second-order valence-electron chi connectivity index (χ2n) is 2.45. The van der Waals surface area contributed by atoms with Crippen molar-refractivity contribution >= 4 is 11.6 Å². The third-order valence-corrected chi connectivity index (χ3v) is 2.08. The zero-order valence-corrected chi connectivity index (χ0v) is 6.62. The molecule has 0 aliphatic carbocycles. The summed E-state index contributed by atoms with van der Waals surface area (Å²) < 4.78 is 0. The summed E-state index contributed by atoms with van der Waals surface area (Å²) in [7, 11) is 0. The minimum absolute atomic E-state index is 0.0153. The summed E-state index contributed by atoms with van der Waals surface area (Å²) in [6.45, 7) is 1.90. The van der Waals surface area contributed by atoms with Crippen LogP contribution in [0.5, 0.6) is 0 Å². The lowest BCUT2D eigenvalue weighted by molar-refractivity contribution is 0.336. The summed E-state index contributed by atoms with van der Waals surface area (Å²) in [5.74, 6) is 0. The summed E-state index contributed by atoms with van der Waals surface area (Å²) >= 11 is 5.73. The Hall–Kier alpha value is -0.0500. The van der Waals surface area contributed by atoms with Gasteiger partial charge in [-0.3, -0.25) is 0 Å². The van der Waals surface area contributed by atoms with Crippen LogP contribution in [0.25, 0.3) is 0 Å². The quantitative estimate of drug-likeness (QED) is 0.598. The van der Waals surface area contributed by atoms with Crippen molar-refractivity contribution < 1.29 is 5.11 Å². The van der Waals surface area contributed by atoms with Crippen LogP contribution in [-0.2, 0) is 0 Å². The minimum Gasteiger partial charge on any atom is -0.391 e. The molecule has 0 amide bonds. The third kappa shape index (κ3) is 1.97. The highest BCUT2D eigenvalue weighted by Gasteiger charge is 2.07. The maximum absolute atomic E-state index is 8.67. The van der Waals surface area contributed by atoms with Crippen LogP contribution in [-0.4, -0.2) is 24.8 Å². The van der Waals surface area contributed by atoms with E-state index in [1.165, 1.54) is 0 Å². The molecule has 1 saturated heterocycles. The molecule has 1 aliphatic rings. The van der Waals surface area contributed by atoms with Crippen LogP contribution in [0.3, 0.4) is 0 Å². The summed E-state index contributed by atoms with van der Waals surface area (Å²) in [4.78, 5) is 0. The first kappa shape index (κ1) is 8.05. The molecule has 0 aromatic heterocycles. The molecule has 0 aromatic rings.